The van der Waals surface area contributed by atoms with Crippen molar-refractivity contribution in [3.63, 3.8) is 0 Å². The van der Waals surface area contributed by atoms with Crippen LogP contribution in [0.2, 0.25) is 0 Å². The number of aryl methyl sites for hydroxylation is 1. The van der Waals surface area contributed by atoms with Crippen LogP contribution in [0.5, 0.6) is 0 Å². The van der Waals surface area contributed by atoms with Crippen molar-refractivity contribution in [2.75, 3.05) is 19.8 Å². The van der Waals surface area contributed by atoms with Crippen LogP contribution in [0.15, 0.2) is 24.3 Å². The molecule has 108 valence electrons. The lowest BCUT2D eigenvalue weighted by molar-refractivity contribution is 0.0836. The van der Waals surface area contributed by atoms with Gasteiger partial charge in [0.25, 0.3) is 0 Å². The Bertz CT molecular complexity index is 334. The number of ether oxygens (including phenoxy) is 1. The predicted molar refractivity (Wildman–Crippen MR) is 82.5 cm³/mol. The van der Waals surface area contributed by atoms with E-state index >= 15 is 0 Å². The molecular formula is C17H29NO. The maximum absolute atomic E-state index is 5.88. The molecule has 0 bridgehead atoms. The van der Waals surface area contributed by atoms with Crippen molar-refractivity contribution in [2.24, 2.45) is 5.92 Å². The molecule has 1 aromatic carbocycles. The minimum atomic E-state index is 0.305. The Hall–Kier alpha value is -0.860. The zero-order valence-corrected chi connectivity index (χ0v) is 12.9. The lowest BCUT2D eigenvalue weighted by atomic mass is 10.1. The Kier molecular flexibility index (Phi) is 7.76. The third kappa shape index (κ3) is 6.22. The second-order valence-electron chi connectivity index (χ2n) is 5.45. The predicted octanol–water partition coefficient (Wildman–Crippen LogP) is 4.10. The smallest absolute Gasteiger partial charge is 0.0661 e. The third-order valence-corrected chi connectivity index (χ3v) is 3.40. The summed E-state index contributed by atoms with van der Waals surface area (Å²) in [5.41, 5.74) is 2.62. The number of nitrogens with one attached hydrogen (secondary N) is 1. The first-order valence-corrected chi connectivity index (χ1v) is 7.55. The van der Waals surface area contributed by atoms with E-state index in [0.29, 0.717) is 12.0 Å². The van der Waals surface area contributed by atoms with Crippen molar-refractivity contribution in [1.29, 1.82) is 0 Å². The second kappa shape index (κ2) is 9.11. The topological polar surface area (TPSA) is 21.3 Å². The summed E-state index contributed by atoms with van der Waals surface area (Å²) in [4.78, 5) is 0. The minimum Gasteiger partial charge on any atom is -0.379 e. The van der Waals surface area contributed by atoms with E-state index in [-0.39, 0.29) is 0 Å². The molecule has 0 aromatic heterocycles. The van der Waals surface area contributed by atoms with Gasteiger partial charge >= 0.3 is 0 Å². The molecule has 1 N–H and O–H groups in total. The Morgan fingerprint density at radius 3 is 2.37 bits per heavy atom. The van der Waals surface area contributed by atoms with Gasteiger partial charge in [0.15, 0.2) is 0 Å². The lowest BCUT2D eigenvalue weighted by Crippen LogP contribution is -2.26. The lowest BCUT2D eigenvalue weighted by Gasteiger charge is -2.20. The standard InChI is InChI=1S/C17H29NO/c1-5-7-15(4)12-19-13-17(18-6-2)16-10-8-14(3)9-11-16/h8-11,15,17-18H,5-7,12-13H2,1-4H3. The monoisotopic (exact) mass is 263 g/mol. The largest absolute Gasteiger partial charge is 0.379 e. The molecule has 0 heterocycles. The number of likely N-dealkylation sites (N-methyl/N-ethyl adjacent to an activating group) is 1. The Morgan fingerprint density at radius 2 is 1.79 bits per heavy atom. The maximum Gasteiger partial charge on any atom is 0.0661 e. The maximum atomic E-state index is 5.88. The van der Waals surface area contributed by atoms with Crippen LogP contribution in [-0.2, 0) is 4.74 Å². The number of hydrogen-bond acceptors (Lipinski definition) is 2. The number of benzene rings is 1. The fraction of sp³-hybridized carbons (Fsp3) is 0.647. The SMILES string of the molecule is CCCC(C)COCC(NCC)c1ccc(C)cc1. The van der Waals surface area contributed by atoms with Gasteiger partial charge in [0.1, 0.15) is 0 Å². The van der Waals surface area contributed by atoms with Gasteiger partial charge in [-0.25, -0.2) is 0 Å². The van der Waals surface area contributed by atoms with Crippen LogP contribution >= 0.6 is 0 Å². The summed E-state index contributed by atoms with van der Waals surface area (Å²) < 4.78 is 5.88. The molecule has 0 fully saturated rings. The molecule has 0 aliphatic rings. The molecule has 2 nitrogen and oxygen atoms in total. The first-order chi connectivity index (χ1) is 9.17. The Labute approximate surface area is 118 Å². The van der Waals surface area contributed by atoms with Crippen molar-refractivity contribution in [2.45, 2.75) is 46.6 Å². The van der Waals surface area contributed by atoms with Crippen LogP contribution in [-0.4, -0.2) is 19.8 Å². The van der Waals surface area contributed by atoms with Crippen LogP contribution in [0, 0.1) is 12.8 Å². The number of rotatable bonds is 9. The van der Waals surface area contributed by atoms with Crippen LogP contribution in [0.25, 0.3) is 0 Å². The molecule has 0 saturated heterocycles. The first-order valence-electron chi connectivity index (χ1n) is 7.55. The molecule has 1 aromatic rings. The van der Waals surface area contributed by atoms with Gasteiger partial charge in [0.2, 0.25) is 0 Å². The third-order valence-electron chi connectivity index (χ3n) is 3.40. The molecule has 0 spiro atoms. The number of hydrogen-bond donors (Lipinski definition) is 1. The second-order valence-corrected chi connectivity index (χ2v) is 5.45. The molecule has 0 saturated carbocycles. The van der Waals surface area contributed by atoms with Crippen molar-refractivity contribution < 1.29 is 4.74 Å². The van der Waals surface area contributed by atoms with Crippen LogP contribution in [0.3, 0.4) is 0 Å². The molecule has 19 heavy (non-hydrogen) atoms. The van der Waals surface area contributed by atoms with Gasteiger partial charge in [0.05, 0.1) is 12.6 Å². The van der Waals surface area contributed by atoms with Crippen LogP contribution in [0.4, 0.5) is 0 Å². The minimum absolute atomic E-state index is 0.305. The highest BCUT2D eigenvalue weighted by atomic mass is 16.5. The highest BCUT2D eigenvalue weighted by Gasteiger charge is 2.11. The van der Waals surface area contributed by atoms with Gasteiger partial charge in [-0.1, -0.05) is 57.0 Å². The summed E-state index contributed by atoms with van der Waals surface area (Å²) in [5.74, 6) is 0.658. The zero-order chi connectivity index (χ0) is 14.1. The highest BCUT2D eigenvalue weighted by molar-refractivity contribution is 5.24. The van der Waals surface area contributed by atoms with Crippen LogP contribution < -0.4 is 5.32 Å². The molecule has 2 unspecified atom stereocenters. The molecule has 2 atom stereocenters. The van der Waals surface area contributed by atoms with E-state index in [1.54, 1.807) is 0 Å². The van der Waals surface area contributed by atoms with Gasteiger partial charge in [0, 0.05) is 6.61 Å². The molecule has 0 aliphatic heterocycles. The fourth-order valence-electron chi connectivity index (χ4n) is 2.28. The Balaban J connectivity index is 2.46. The van der Waals surface area contributed by atoms with Gasteiger partial charge in [-0.3, -0.25) is 0 Å². The molecule has 0 radical (unpaired) electrons. The molecule has 1 rings (SSSR count). The summed E-state index contributed by atoms with van der Waals surface area (Å²) in [6, 6.07) is 9.03. The van der Waals surface area contributed by atoms with E-state index in [9.17, 15) is 0 Å². The van der Waals surface area contributed by atoms with E-state index in [1.165, 1.54) is 24.0 Å². The normalized spacial score (nSPS) is 14.3. The van der Waals surface area contributed by atoms with E-state index in [4.69, 9.17) is 4.74 Å². The van der Waals surface area contributed by atoms with Gasteiger partial charge < -0.3 is 10.1 Å². The molecule has 2 heteroatoms. The molecule has 0 amide bonds. The zero-order valence-electron chi connectivity index (χ0n) is 12.9. The van der Waals surface area contributed by atoms with Crippen molar-refractivity contribution in [1.82, 2.24) is 5.32 Å². The molecule has 0 aliphatic carbocycles. The first kappa shape index (κ1) is 16.2. The van der Waals surface area contributed by atoms with Crippen molar-refractivity contribution in [3.8, 4) is 0 Å². The van der Waals surface area contributed by atoms with Crippen molar-refractivity contribution in [3.05, 3.63) is 35.4 Å². The van der Waals surface area contributed by atoms with E-state index in [0.717, 1.165) is 19.8 Å². The summed E-state index contributed by atoms with van der Waals surface area (Å²) in [7, 11) is 0. The van der Waals surface area contributed by atoms with E-state index in [1.807, 2.05) is 0 Å². The van der Waals surface area contributed by atoms with E-state index in [2.05, 4.69) is 57.3 Å². The summed E-state index contributed by atoms with van der Waals surface area (Å²) in [5, 5.41) is 3.50. The fourth-order valence-corrected chi connectivity index (χ4v) is 2.28. The van der Waals surface area contributed by atoms with E-state index < -0.39 is 0 Å². The summed E-state index contributed by atoms with van der Waals surface area (Å²) in [6.07, 6.45) is 2.48. The van der Waals surface area contributed by atoms with Gasteiger partial charge in [-0.05, 0) is 31.4 Å². The quantitative estimate of drug-likeness (QED) is 0.724. The van der Waals surface area contributed by atoms with Gasteiger partial charge in [-0.15, -0.1) is 0 Å². The average molecular weight is 263 g/mol. The summed E-state index contributed by atoms with van der Waals surface area (Å²) >= 11 is 0. The summed E-state index contributed by atoms with van der Waals surface area (Å²) in [6.45, 7) is 11.3. The van der Waals surface area contributed by atoms with Gasteiger partial charge in [-0.2, -0.15) is 0 Å². The Morgan fingerprint density at radius 1 is 1.11 bits per heavy atom. The van der Waals surface area contributed by atoms with Crippen molar-refractivity contribution >= 4 is 0 Å². The molecular weight excluding hydrogens is 234 g/mol. The van der Waals surface area contributed by atoms with Crippen LogP contribution in [0.1, 0.15) is 50.8 Å². The highest BCUT2D eigenvalue weighted by Crippen LogP contribution is 2.15. The average Bonchev–Trinajstić information content (AvgIpc) is 2.39.